The third-order valence-electron chi connectivity index (χ3n) is 4.08. The summed E-state index contributed by atoms with van der Waals surface area (Å²) >= 11 is 0. The lowest BCUT2D eigenvalue weighted by Gasteiger charge is -2.35. The Bertz CT molecular complexity index is 503. The van der Waals surface area contributed by atoms with E-state index in [1.807, 2.05) is 30.3 Å². The van der Waals surface area contributed by atoms with Gasteiger partial charge in [-0.05, 0) is 31.4 Å². The van der Waals surface area contributed by atoms with Gasteiger partial charge < -0.3 is 9.75 Å². The lowest BCUT2D eigenvalue weighted by Crippen LogP contribution is -2.46. The van der Waals surface area contributed by atoms with E-state index < -0.39 is 0 Å². The van der Waals surface area contributed by atoms with E-state index in [-0.39, 0.29) is 29.8 Å². The van der Waals surface area contributed by atoms with Gasteiger partial charge in [0.25, 0.3) is 0 Å². The predicted molar refractivity (Wildman–Crippen MR) is 68.8 cm³/mol. The zero-order valence-corrected chi connectivity index (χ0v) is 10.5. The molecule has 5 heteroatoms. The van der Waals surface area contributed by atoms with Crippen molar-refractivity contribution in [3.05, 3.63) is 30.3 Å². The van der Waals surface area contributed by atoms with E-state index in [2.05, 4.69) is 0 Å². The quantitative estimate of drug-likeness (QED) is 0.375. The molecule has 1 aromatic rings. The normalized spacial score (nSPS) is 29.8. The average Bonchev–Trinajstić information content (AvgIpc) is 2.74. The Morgan fingerprint density at radius 3 is 2.47 bits per heavy atom. The highest BCUT2D eigenvalue weighted by molar-refractivity contribution is 5.96. The molecule has 3 atom stereocenters. The van der Waals surface area contributed by atoms with Gasteiger partial charge in [-0.15, -0.1) is 0 Å². The fourth-order valence-electron chi connectivity index (χ4n) is 3.01. The van der Waals surface area contributed by atoms with E-state index in [9.17, 15) is 9.59 Å². The average molecular weight is 260 g/mol. The molecule has 1 aromatic carbocycles. The first kappa shape index (κ1) is 12.2. The largest absolute Gasteiger partial charge is 0.393 e. The van der Waals surface area contributed by atoms with Crippen LogP contribution in [0.1, 0.15) is 19.3 Å². The number of cyclic esters (lactones) is 2. The SMILES string of the molecule is NN(c1ccccc1)C1CCC2C(=O)OC(=O)C2C1. The smallest absolute Gasteiger partial charge is 0.317 e. The third-order valence-corrected chi connectivity index (χ3v) is 4.08. The molecular formula is C14H16N2O3. The van der Waals surface area contributed by atoms with Gasteiger partial charge in [-0.2, -0.15) is 0 Å². The number of esters is 2. The number of benzene rings is 1. The van der Waals surface area contributed by atoms with Crippen LogP contribution in [0, 0.1) is 11.8 Å². The maximum atomic E-state index is 11.6. The summed E-state index contributed by atoms with van der Waals surface area (Å²) in [7, 11) is 0. The Morgan fingerprint density at radius 2 is 1.74 bits per heavy atom. The summed E-state index contributed by atoms with van der Waals surface area (Å²) in [4.78, 5) is 23.1. The van der Waals surface area contributed by atoms with Crippen molar-refractivity contribution in [1.82, 2.24) is 0 Å². The highest BCUT2D eigenvalue weighted by atomic mass is 16.6. The van der Waals surface area contributed by atoms with Gasteiger partial charge in [-0.25, -0.2) is 5.84 Å². The predicted octanol–water partition coefficient (Wildman–Crippen LogP) is 1.24. The molecule has 1 aliphatic carbocycles. The number of rotatable bonds is 2. The molecular weight excluding hydrogens is 244 g/mol. The lowest BCUT2D eigenvalue weighted by atomic mass is 9.78. The van der Waals surface area contributed by atoms with Gasteiger partial charge in [0, 0.05) is 6.04 Å². The molecule has 0 radical (unpaired) electrons. The summed E-state index contributed by atoms with van der Waals surface area (Å²) in [6.07, 6.45) is 2.05. The molecule has 0 spiro atoms. The Hall–Kier alpha value is -1.88. The number of hydrazine groups is 1. The topological polar surface area (TPSA) is 72.6 Å². The number of carbonyl (C=O) groups is 2. The summed E-state index contributed by atoms with van der Waals surface area (Å²) in [5.41, 5.74) is 0.920. The van der Waals surface area contributed by atoms with E-state index in [0.717, 1.165) is 12.1 Å². The molecule has 100 valence electrons. The van der Waals surface area contributed by atoms with Crippen LogP contribution in [0.5, 0.6) is 0 Å². The fraction of sp³-hybridized carbons (Fsp3) is 0.429. The summed E-state index contributed by atoms with van der Waals surface area (Å²) < 4.78 is 4.70. The minimum atomic E-state index is -0.388. The molecule has 5 nitrogen and oxygen atoms in total. The summed E-state index contributed by atoms with van der Waals surface area (Å²) in [5, 5.41) is 1.70. The van der Waals surface area contributed by atoms with Gasteiger partial charge in [0.1, 0.15) is 0 Å². The maximum Gasteiger partial charge on any atom is 0.317 e. The second-order valence-electron chi connectivity index (χ2n) is 5.16. The molecule has 1 saturated heterocycles. The van der Waals surface area contributed by atoms with Crippen LogP contribution in [0.3, 0.4) is 0 Å². The molecule has 2 fully saturated rings. The Labute approximate surface area is 111 Å². The highest BCUT2D eigenvalue weighted by Gasteiger charge is 2.48. The van der Waals surface area contributed by atoms with E-state index >= 15 is 0 Å². The third kappa shape index (κ3) is 2.10. The van der Waals surface area contributed by atoms with Crippen molar-refractivity contribution in [2.75, 3.05) is 5.01 Å². The van der Waals surface area contributed by atoms with E-state index in [0.29, 0.717) is 12.8 Å². The van der Waals surface area contributed by atoms with Crippen molar-refractivity contribution in [2.45, 2.75) is 25.3 Å². The number of carbonyl (C=O) groups excluding carboxylic acids is 2. The Morgan fingerprint density at radius 1 is 1.05 bits per heavy atom. The van der Waals surface area contributed by atoms with Crippen LogP contribution in [0.4, 0.5) is 5.69 Å². The Kier molecular flexibility index (Phi) is 2.98. The molecule has 0 bridgehead atoms. The minimum absolute atomic E-state index is 0.0714. The summed E-state index contributed by atoms with van der Waals surface area (Å²) in [6, 6.07) is 9.72. The first-order chi connectivity index (χ1) is 9.16. The van der Waals surface area contributed by atoms with Crippen LogP contribution >= 0.6 is 0 Å². The first-order valence-electron chi connectivity index (χ1n) is 6.51. The summed E-state index contributed by atoms with van der Waals surface area (Å²) in [5.74, 6) is 4.80. The van der Waals surface area contributed by atoms with Gasteiger partial charge in [0.05, 0.1) is 17.5 Å². The molecule has 1 saturated carbocycles. The molecule has 2 N–H and O–H groups in total. The summed E-state index contributed by atoms with van der Waals surface area (Å²) in [6.45, 7) is 0. The number of hydrogen-bond donors (Lipinski definition) is 1. The number of hydrogen-bond acceptors (Lipinski definition) is 5. The van der Waals surface area contributed by atoms with Gasteiger partial charge in [-0.3, -0.25) is 9.59 Å². The Balaban J connectivity index is 1.75. The van der Waals surface area contributed by atoms with Gasteiger partial charge >= 0.3 is 11.9 Å². The zero-order valence-electron chi connectivity index (χ0n) is 10.5. The lowest BCUT2D eigenvalue weighted by molar-refractivity contribution is -0.153. The highest BCUT2D eigenvalue weighted by Crippen LogP contribution is 2.38. The number of fused-ring (bicyclic) bond motifs is 1. The monoisotopic (exact) mass is 260 g/mol. The second-order valence-corrected chi connectivity index (χ2v) is 5.16. The van der Waals surface area contributed by atoms with E-state index in [1.54, 1.807) is 5.01 Å². The van der Waals surface area contributed by atoms with Crippen LogP contribution in [-0.4, -0.2) is 18.0 Å². The van der Waals surface area contributed by atoms with Crippen LogP contribution in [0.25, 0.3) is 0 Å². The molecule has 3 rings (SSSR count). The number of anilines is 1. The van der Waals surface area contributed by atoms with Crippen molar-refractivity contribution in [3.63, 3.8) is 0 Å². The van der Waals surface area contributed by atoms with Crippen LogP contribution in [0.2, 0.25) is 0 Å². The fourth-order valence-corrected chi connectivity index (χ4v) is 3.01. The van der Waals surface area contributed by atoms with Crippen LogP contribution < -0.4 is 10.9 Å². The van der Waals surface area contributed by atoms with Crippen molar-refractivity contribution < 1.29 is 14.3 Å². The number of ether oxygens (including phenoxy) is 1. The molecule has 0 aromatic heterocycles. The maximum absolute atomic E-state index is 11.6. The number of para-hydroxylation sites is 1. The molecule has 19 heavy (non-hydrogen) atoms. The molecule has 0 amide bonds. The van der Waals surface area contributed by atoms with Crippen molar-refractivity contribution in [3.8, 4) is 0 Å². The molecule has 3 unspecified atom stereocenters. The number of nitrogens with zero attached hydrogens (tertiary/aromatic N) is 1. The van der Waals surface area contributed by atoms with Crippen LogP contribution in [-0.2, 0) is 14.3 Å². The second kappa shape index (κ2) is 4.66. The van der Waals surface area contributed by atoms with Crippen molar-refractivity contribution in [2.24, 2.45) is 17.7 Å². The standard InChI is InChI=1S/C14H16N2O3/c15-16(9-4-2-1-3-5-9)10-6-7-11-12(8-10)14(18)19-13(11)17/h1-5,10-12H,6-8,15H2. The van der Waals surface area contributed by atoms with E-state index in [1.165, 1.54) is 0 Å². The van der Waals surface area contributed by atoms with Crippen molar-refractivity contribution >= 4 is 17.6 Å². The van der Waals surface area contributed by atoms with Gasteiger partial charge in [-0.1, -0.05) is 18.2 Å². The number of nitrogens with two attached hydrogens (primary N) is 1. The van der Waals surface area contributed by atoms with Crippen LogP contribution in [0.15, 0.2) is 30.3 Å². The molecule has 1 heterocycles. The first-order valence-corrected chi connectivity index (χ1v) is 6.51. The van der Waals surface area contributed by atoms with E-state index in [4.69, 9.17) is 10.6 Å². The molecule has 1 aliphatic heterocycles. The molecule has 2 aliphatic rings. The minimum Gasteiger partial charge on any atom is -0.393 e. The zero-order chi connectivity index (χ0) is 13.4. The van der Waals surface area contributed by atoms with Gasteiger partial charge in [0.15, 0.2) is 0 Å². The van der Waals surface area contributed by atoms with Gasteiger partial charge in [0.2, 0.25) is 0 Å². The van der Waals surface area contributed by atoms with Crippen molar-refractivity contribution in [1.29, 1.82) is 0 Å².